The van der Waals surface area contributed by atoms with Crippen LogP contribution in [0.1, 0.15) is 5.56 Å². The highest BCUT2D eigenvalue weighted by Gasteiger charge is 2.06. The Balaban J connectivity index is -0.000000000504. The van der Waals surface area contributed by atoms with Crippen LogP contribution in [0.25, 0.3) is 0 Å². The predicted molar refractivity (Wildman–Crippen MR) is 227 cm³/mol. The molecule has 51 nitrogen and oxygen atoms in total. The highest BCUT2D eigenvalue weighted by molar-refractivity contribution is 5.13. The first-order valence-electron chi connectivity index (χ1n) is 3.92. The lowest BCUT2D eigenvalue weighted by Gasteiger charge is -2.23. The van der Waals surface area contributed by atoms with E-state index in [1.807, 2.05) is 0 Å². The maximum atomic E-state index is 2.20. The molecule has 0 bridgehead atoms. The van der Waals surface area contributed by atoms with Crippen molar-refractivity contribution in [2.24, 2.45) is 0 Å². The van der Waals surface area contributed by atoms with Gasteiger partial charge in [0.2, 0.25) is 0 Å². The minimum Gasteiger partial charge on any atom is -0.870 e. The zero-order valence-electron chi connectivity index (χ0n) is 32.5. The molecule has 0 atom stereocenters. The maximum Gasteiger partial charge on any atom is 0.104 e. The summed E-state index contributed by atoms with van der Waals surface area (Å²) in [6.07, 6.45) is 0. The molecule has 0 aromatic heterocycles. The van der Waals surface area contributed by atoms with Gasteiger partial charge < -0.3 is 278 Å². The highest BCUT2D eigenvalue weighted by atomic mass is 16.0. The van der Waals surface area contributed by atoms with Crippen molar-refractivity contribution < 1.29 is 278 Å². The molecular weight excluding hydrogens is 934 g/mol. The summed E-state index contributed by atoms with van der Waals surface area (Å²) in [6.45, 7) is 1.10. The van der Waals surface area contributed by atoms with Crippen LogP contribution >= 0.6 is 0 Å². The molecule has 0 spiro atoms. The van der Waals surface area contributed by atoms with Gasteiger partial charge in [-0.05, 0) is 0 Å². The van der Waals surface area contributed by atoms with Crippen LogP contribution in [0.3, 0.4) is 0 Å². The average molecular weight is 1050 g/mol. The molecule has 0 aliphatic heterocycles. The predicted octanol–water partition coefficient (Wildman–Crippen LogP) is -38.7. The second-order valence-electron chi connectivity index (χ2n) is 3.93. The molecule has 0 saturated carbocycles. The third-order valence-electron chi connectivity index (χ3n) is 1.50. The summed E-state index contributed by atoms with van der Waals surface area (Å²) in [5.74, 6) is 0. The Hall–Kier alpha value is -2.82. The van der Waals surface area contributed by atoms with Gasteiger partial charge in [0.05, 0.1) is 21.1 Å². The zero-order chi connectivity index (χ0) is 8.32. The summed E-state index contributed by atoms with van der Waals surface area (Å²) >= 11 is 0. The summed E-state index contributed by atoms with van der Waals surface area (Å²) in [7, 11) is 6.60. The summed E-state index contributed by atoms with van der Waals surface area (Å²) in [5.41, 5.74) is 1.40. The Kier molecular flexibility index (Phi) is 56700. The number of hydrogen-bond donors (Lipinski definition) is 0. The van der Waals surface area contributed by atoms with Crippen LogP contribution < -0.4 is 0 Å². The zero-order valence-corrected chi connectivity index (χ0v) is 32.5. The van der Waals surface area contributed by atoms with Crippen molar-refractivity contribution in [3.8, 4) is 0 Å². The van der Waals surface area contributed by atoms with Crippen LogP contribution in [-0.4, -0.2) is 299 Å². The smallest absolute Gasteiger partial charge is 0.104 e. The summed E-state index contributed by atoms with van der Waals surface area (Å²) in [6, 6.07) is 10.6. The second-order valence-corrected chi connectivity index (χ2v) is 3.93. The van der Waals surface area contributed by atoms with Gasteiger partial charge in [0, 0.05) is 5.56 Å². The van der Waals surface area contributed by atoms with Crippen molar-refractivity contribution >= 4 is 0 Å². The number of quaternary nitrogens is 1. The van der Waals surface area contributed by atoms with Gasteiger partial charge in [0.15, 0.2) is 0 Å². The summed E-state index contributed by atoms with van der Waals surface area (Å²) < 4.78 is 0.990. The molecule has 1 aromatic rings. The van der Waals surface area contributed by atoms with E-state index in [2.05, 4.69) is 51.5 Å². The van der Waals surface area contributed by atoms with E-state index in [1.165, 1.54) is 5.56 Å². The van der Waals surface area contributed by atoms with Gasteiger partial charge in [-0.3, -0.25) is 0 Å². The molecule has 0 aliphatic rings. The van der Waals surface area contributed by atoms with Crippen molar-refractivity contribution in [1.82, 2.24) is 0 Å². The molecule has 0 saturated heterocycles. The standard InChI is InChI=1S/C10H16N.50H2O/c1-11(2,3)9-10-7-5-4-6-8-10;;;;;;;;;;;;;;;;;;;;;;;;;;;;;;;;;;;;;;;;;;;;;;;;;;/h4-8H,9H2,1-3H3;50*1H2/q+1;;;;;;;;;;;;;;;;;;;;;;;;;;;;;;;;;;;;;;;;;;;;;;;;;;/p-1. The minimum absolute atomic E-state index is 0. The topological polar surface area (TPSA) is 1570 Å². The molecule has 1 aromatic carbocycles. The maximum absolute atomic E-state index is 2.20. The molecule has 99 N–H and O–H groups in total. The van der Waals surface area contributed by atoms with E-state index in [9.17, 15) is 0 Å². The lowest BCUT2D eigenvalue weighted by atomic mass is 10.2. The molecule has 0 amide bonds. The van der Waals surface area contributed by atoms with Crippen LogP contribution in [0, 0.1) is 0 Å². The molecular formula is C10H115NO50. The largest absolute Gasteiger partial charge is 0.870 e. The van der Waals surface area contributed by atoms with Crippen LogP contribution in [-0.2, 0) is 6.54 Å². The Morgan fingerprint density at radius 3 is 0.393 bits per heavy atom. The van der Waals surface area contributed by atoms with Crippen LogP contribution in [0.4, 0.5) is 0 Å². The fraction of sp³-hybridized carbons (Fsp3) is 0.400. The van der Waals surface area contributed by atoms with Gasteiger partial charge in [-0.25, -0.2) is 0 Å². The normalized spacial score (nSPS) is 2.08. The Bertz CT molecular complexity index is 250. The SMILES string of the molecule is C[N+](C)(C)Cc1ccccc1.O.O.O.O.O.O.O.O.O.O.O.O.O.O.O.O.O.O.O.O.O.O.O.O.O.O.O.O.O.O.O.O.O.O.O.O.O.O.O.O.O.O.O.O.O.O.O.O.O.[OH-]. The van der Waals surface area contributed by atoms with E-state index in [0.717, 1.165) is 11.0 Å². The molecule has 0 aliphatic carbocycles. The van der Waals surface area contributed by atoms with Gasteiger partial charge in [-0.1, -0.05) is 30.3 Å². The first kappa shape index (κ1) is 2840. The monoisotopic (exact) mass is 1050 g/mol. The van der Waals surface area contributed by atoms with Gasteiger partial charge in [0.25, 0.3) is 0 Å². The Labute approximate surface area is 343 Å². The van der Waals surface area contributed by atoms with E-state index in [4.69, 9.17) is 0 Å². The fourth-order valence-corrected chi connectivity index (χ4v) is 1.13. The van der Waals surface area contributed by atoms with Crippen molar-refractivity contribution in [1.29, 1.82) is 0 Å². The molecule has 460 valence electrons. The van der Waals surface area contributed by atoms with Gasteiger partial charge in [0.1, 0.15) is 6.54 Å². The number of hydrogen-bond acceptors (Lipinski definition) is 1. The van der Waals surface area contributed by atoms with Crippen molar-refractivity contribution in [3.05, 3.63) is 35.9 Å². The first-order chi connectivity index (χ1) is 5.08. The van der Waals surface area contributed by atoms with Crippen LogP contribution in [0.15, 0.2) is 30.3 Å². The van der Waals surface area contributed by atoms with Crippen molar-refractivity contribution in [2.75, 3.05) is 21.1 Å². The molecule has 1 rings (SSSR count). The van der Waals surface area contributed by atoms with Gasteiger partial charge >= 0.3 is 0 Å². The molecule has 0 radical (unpaired) electrons. The van der Waals surface area contributed by atoms with Crippen molar-refractivity contribution in [2.45, 2.75) is 6.54 Å². The quantitative estimate of drug-likeness (QED) is 0.256. The van der Waals surface area contributed by atoms with Gasteiger partial charge in [-0.15, -0.1) is 0 Å². The lowest BCUT2D eigenvalue weighted by Crippen LogP contribution is -2.33. The average Bonchev–Trinajstić information content (AvgIpc) is 1.85. The van der Waals surface area contributed by atoms with Gasteiger partial charge in [-0.2, -0.15) is 0 Å². The second kappa shape index (κ2) is 1220. The third-order valence-corrected chi connectivity index (χ3v) is 1.50. The number of nitrogens with zero attached hydrogens (tertiary/aromatic N) is 1. The summed E-state index contributed by atoms with van der Waals surface area (Å²) in [4.78, 5) is 0. The third kappa shape index (κ3) is 1680. The van der Waals surface area contributed by atoms with E-state index < -0.39 is 0 Å². The van der Waals surface area contributed by atoms with Crippen molar-refractivity contribution in [3.63, 3.8) is 0 Å². The highest BCUT2D eigenvalue weighted by Crippen LogP contribution is 2.05. The number of benzene rings is 1. The molecule has 51 heteroatoms. The summed E-state index contributed by atoms with van der Waals surface area (Å²) in [5, 5.41) is 0. The van der Waals surface area contributed by atoms with Crippen LogP contribution in [0.2, 0.25) is 0 Å². The molecule has 0 heterocycles. The van der Waals surface area contributed by atoms with Crippen LogP contribution in [0.5, 0.6) is 0 Å². The van der Waals surface area contributed by atoms with E-state index in [1.54, 1.807) is 0 Å². The Morgan fingerprint density at radius 1 is 0.213 bits per heavy atom. The fourth-order valence-electron chi connectivity index (χ4n) is 1.13. The van der Waals surface area contributed by atoms with E-state index in [0.29, 0.717) is 0 Å². The molecule has 0 unspecified atom stereocenters. The minimum atomic E-state index is 0. The first-order valence-corrected chi connectivity index (χ1v) is 3.92. The van der Waals surface area contributed by atoms with E-state index in [-0.39, 0.29) is 274 Å². The van der Waals surface area contributed by atoms with E-state index >= 15 is 0 Å². The molecule has 61 heavy (non-hydrogen) atoms. The number of rotatable bonds is 2. The lowest BCUT2D eigenvalue weighted by molar-refractivity contribution is -0.884. The molecule has 0 fully saturated rings. The Morgan fingerprint density at radius 2 is 0.311 bits per heavy atom.